The smallest absolute Gasteiger partial charge is 0.431 e. The first-order valence-electron chi connectivity index (χ1n) is 7.12. The summed E-state index contributed by atoms with van der Waals surface area (Å²) in [6, 6.07) is 7.47. The number of aromatic nitrogens is 1. The molecular formula is C15H13ClF3N3O4. The summed E-state index contributed by atoms with van der Waals surface area (Å²) in [4.78, 5) is 11.4. The van der Waals surface area contributed by atoms with Crippen molar-refractivity contribution in [3.63, 3.8) is 0 Å². The van der Waals surface area contributed by atoms with Crippen LogP contribution in [0.5, 0.6) is 5.75 Å². The van der Waals surface area contributed by atoms with Gasteiger partial charge in [-0.05, 0) is 19.1 Å². The van der Waals surface area contributed by atoms with Crippen LogP contribution in [0.15, 0.2) is 42.6 Å². The molecule has 1 aromatic heterocycles. The number of halogens is 4. The minimum atomic E-state index is -4.72. The highest BCUT2D eigenvalue weighted by atomic mass is 35.5. The number of nitro benzene ring substituents is 1. The molecule has 0 spiro atoms. The standard InChI is InChI=1S/C15H12F3N3O4.ClH/c1-14(15(16,17)18)9-19(13-4-2-3-7-20(13)22)11-8-10(21(23)24)5-6-12(11)25-14;/h2-8H,9H2,1H3;1H. The number of hydrogen-bond donors (Lipinski definition) is 0. The molecule has 0 amide bonds. The van der Waals surface area contributed by atoms with Crippen LogP contribution in [0.3, 0.4) is 0 Å². The lowest BCUT2D eigenvalue weighted by Gasteiger charge is -2.39. The lowest BCUT2D eigenvalue weighted by molar-refractivity contribution is -0.592. The summed E-state index contributed by atoms with van der Waals surface area (Å²) in [5.74, 6) is -0.288. The van der Waals surface area contributed by atoms with E-state index in [4.69, 9.17) is 4.74 Å². The van der Waals surface area contributed by atoms with Crippen molar-refractivity contribution in [3.05, 3.63) is 57.9 Å². The van der Waals surface area contributed by atoms with Crippen LogP contribution in [0, 0.1) is 15.3 Å². The summed E-state index contributed by atoms with van der Waals surface area (Å²) in [5, 5.41) is 23.0. The van der Waals surface area contributed by atoms with Gasteiger partial charge in [0.2, 0.25) is 5.60 Å². The molecule has 1 aromatic carbocycles. The molecule has 0 N–H and O–H groups in total. The van der Waals surface area contributed by atoms with Crippen molar-refractivity contribution in [1.82, 2.24) is 0 Å². The molecule has 140 valence electrons. The van der Waals surface area contributed by atoms with E-state index in [0.29, 0.717) is 4.73 Å². The van der Waals surface area contributed by atoms with Crippen molar-refractivity contribution in [2.24, 2.45) is 0 Å². The average Bonchev–Trinajstić information content (AvgIpc) is 2.53. The maximum Gasteiger partial charge on any atom is 0.431 e. The Morgan fingerprint density at radius 3 is 2.58 bits per heavy atom. The van der Waals surface area contributed by atoms with Crippen LogP contribution < -0.4 is 14.4 Å². The zero-order valence-electron chi connectivity index (χ0n) is 13.3. The molecule has 0 saturated carbocycles. The van der Waals surface area contributed by atoms with E-state index in [1.54, 1.807) is 0 Å². The van der Waals surface area contributed by atoms with Gasteiger partial charge in [0.1, 0.15) is 6.54 Å². The maximum absolute atomic E-state index is 13.5. The third-order valence-electron chi connectivity index (χ3n) is 3.92. The first-order valence-corrected chi connectivity index (χ1v) is 7.12. The summed E-state index contributed by atoms with van der Waals surface area (Å²) in [6.45, 7) is 0.138. The Morgan fingerprint density at radius 1 is 1.31 bits per heavy atom. The highest BCUT2D eigenvalue weighted by Crippen LogP contribution is 2.46. The van der Waals surface area contributed by atoms with Gasteiger partial charge in [0, 0.05) is 12.1 Å². The van der Waals surface area contributed by atoms with E-state index >= 15 is 0 Å². The van der Waals surface area contributed by atoms with Crippen molar-refractivity contribution in [2.45, 2.75) is 18.7 Å². The molecule has 7 nitrogen and oxygen atoms in total. The Bertz CT molecular complexity index is 849. The summed E-state index contributed by atoms with van der Waals surface area (Å²) in [6.07, 6.45) is -3.58. The fourth-order valence-electron chi connectivity index (χ4n) is 2.56. The largest absolute Gasteiger partial charge is 0.711 e. The molecule has 3 rings (SSSR count). The zero-order chi connectivity index (χ0) is 18.4. The molecule has 0 radical (unpaired) electrons. The van der Waals surface area contributed by atoms with Gasteiger partial charge in [-0.3, -0.25) is 10.1 Å². The second-order valence-corrected chi connectivity index (χ2v) is 5.71. The van der Waals surface area contributed by atoms with Crippen LogP contribution in [0.1, 0.15) is 6.92 Å². The van der Waals surface area contributed by atoms with Crippen LogP contribution >= 0.6 is 12.4 Å². The minimum Gasteiger partial charge on any atom is -0.711 e. The number of rotatable bonds is 2. The molecule has 1 unspecified atom stereocenters. The molecule has 1 atom stereocenters. The molecule has 0 fully saturated rings. The van der Waals surface area contributed by atoms with Gasteiger partial charge < -0.3 is 9.94 Å². The number of non-ortho nitro benzene ring substituents is 1. The number of nitro groups is 1. The second-order valence-electron chi connectivity index (χ2n) is 5.71. The SMILES string of the molecule is CC1(C(F)(F)F)CN(c2cccc[n+]2[O-])c2cc([N+](=O)[O-])ccc2O1.Cl. The lowest BCUT2D eigenvalue weighted by atomic mass is 10.0. The fraction of sp³-hybridized carbons (Fsp3) is 0.267. The van der Waals surface area contributed by atoms with Gasteiger partial charge in [-0.1, -0.05) is 6.07 Å². The van der Waals surface area contributed by atoms with Crippen molar-refractivity contribution in [2.75, 3.05) is 11.4 Å². The number of nitrogens with zero attached hydrogens (tertiary/aromatic N) is 3. The quantitative estimate of drug-likeness (QED) is 0.338. The Kier molecular flexibility index (Phi) is 4.91. The summed E-state index contributed by atoms with van der Waals surface area (Å²) in [7, 11) is 0. The monoisotopic (exact) mass is 391 g/mol. The molecule has 1 aliphatic heterocycles. The molecule has 1 aliphatic rings. The normalized spacial score (nSPS) is 19.2. The molecule has 11 heteroatoms. The van der Waals surface area contributed by atoms with Crippen molar-refractivity contribution in [3.8, 4) is 5.75 Å². The number of pyridine rings is 1. The third kappa shape index (κ3) is 3.19. The summed E-state index contributed by atoms with van der Waals surface area (Å²) >= 11 is 0. The highest BCUT2D eigenvalue weighted by Gasteiger charge is 2.59. The number of alkyl halides is 3. The van der Waals surface area contributed by atoms with E-state index < -0.39 is 23.2 Å². The van der Waals surface area contributed by atoms with Crippen LogP contribution in [0.2, 0.25) is 0 Å². The Balaban J connectivity index is 0.00000243. The van der Waals surface area contributed by atoms with Crippen LogP contribution in [-0.4, -0.2) is 23.2 Å². The zero-order valence-corrected chi connectivity index (χ0v) is 14.1. The predicted octanol–water partition coefficient (Wildman–Crippen LogP) is 3.50. The van der Waals surface area contributed by atoms with E-state index in [1.165, 1.54) is 18.2 Å². The lowest BCUT2D eigenvalue weighted by Crippen LogP contribution is -2.58. The van der Waals surface area contributed by atoms with Crippen molar-refractivity contribution in [1.29, 1.82) is 0 Å². The fourth-order valence-corrected chi connectivity index (χ4v) is 2.56. The molecule has 2 heterocycles. The molecule has 0 saturated heterocycles. The van der Waals surface area contributed by atoms with E-state index in [1.807, 2.05) is 0 Å². The summed E-state index contributed by atoms with van der Waals surface area (Å²) < 4.78 is 45.9. The molecular weight excluding hydrogens is 379 g/mol. The Labute approximate surface area is 151 Å². The van der Waals surface area contributed by atoms with Gasteiger partial charge in [-0.2, -0.15) is 13.2 Å². The first-order chi connectivity index (χ1) is 11.6. The maximum atomic E-state index is 13.5. The molecule has 26 heavy (non-hydrogen) atoms. The number of anilines is 2. The third-order valence-corrected chi connectivity index (χ3v) is 3.92. The minimum absolute atomic E-state index is 0. The number of fused-ring (bicyclic) bond motifs is 1. The Morgan fingerprint density at radius 2 is 2.00 bits per heavy atom. The first kappa shape index (κ1) is 19.6. The molecule has 2 aromatic rings. The summed E-state index contributed by atoms with van der Waals surface area (Å²) in [5.41, 5.74) is -2.89. The topological polar surface area (TPSA) is 82.5 Å². The van der Waals surface area contributed by atoms with Crippen molar-refractivity contribution >= 4 is 29.6 Å². The van der Waals surface area contributed by atoms with Gasteiger partial charge in [-0.25, -0.2) is 9.63 Å². The van der Waals surface area contributed by atoms with E-state index in [2.05, 4.69) is 0 Å². The van der Waals surface area contributed by atoms with Crippen LogP contribution in [0.4, 0.5) is 30.4 Å². The van der Waals surface area contributed by atoms with E-state index in [9.17, 15) is 28.5 Å². The van der Waals surface area contributed by atoms with Gasteiger partial charge in [0.05, 0.1) is 17.2 Å². The van der Waals surface area contributed by atoms with E-state index in [-0.39, 0.29) is 35.3 Å². The number of hydrogen-bond acceptors (Lipinski definition) is 5. The Hall–Kier alpha value is -2.75. The van der Waals surface area contributed by atoms with Crippen molar-refractivity contribution < 1.29 is 27.6 Å². The molecule has 0 aliphatic carbocycles. The van der Waals surface area contributed by atoms with Crippen LogP contribution in [-0.2, 0) is 0 Å². The van der Waals surface area contributed by atoms with Gasteiger partial charge in [0.15, 0.2) is 11.4 Å². The van der Waals surface area contributed by atoms with E-state index in [0.717, 1.165) is 36.2 Å². The predicted molar refractivity (Wildman–Crippen MR) is 87.8 cm³/mol. The highest BCUT2D eigenvalue weighted by molar-refractivity contribution is 5.85. The molecule has 0 bridgehead atoms. The van der Waals surface area contributed by atoms with Gasteiger partial charge in [-0.15, -0.1) is 12.4 Å². The number of ether oxygens (including phenoxy) is 1. The van der Waals surface area contributed by atoms with Gasteiger partial charge >= 0.3 is 6.18 Å². The second kappa shape index (κ2) is 6.52. The average molecular weight is 392 g/mol. The number of benzene rings is 1. The van der Waals surface area contributed by atoms with Crippen LogP contribution in [0.25, 0.3) is 0 Å². The van der Waals surface area contributed by atoms with Gasteiger partial charge in [0.25, 0.3) is 11.5 Å².